The smallest absolute Gasteiger partial charge is 0.312 e. The van der Waals surface area contributed by atoms with Gasteiger partial charge in [0.15, 0.2) is 0 Å². The Morgan fingerprint density at radius 3 is 2.08 bits per heavy atom. The van der Waals surface area contributed by atoms with Crippen LogP contribution in [0, 0.1) is 5.41 Å². The van der Waals surface area contributed by atoms with Crippen molar-refractivity contribution < 1.29 is 40.5 Å². The zero-order chi connectivity index (χ0) is 17.1. The molecule has 2 bridgehead atoms. The number of nitrogens with zero attached hydrogens (tertiary/aromatic N) is 1. The van der Waals surface area contributed by atoms with E-state index in [4.69, 9.17) is 9.47 Å². The molecule has 3 rings (SSSR count). The van der Waals surface area contributed by atoms with Crippen LogP contribution >= 0.6 is 0 Å². The molecule has 24 heavy (non-hydrogen) atoms. The van der Waals surface area contributed by atoms with Gasteiger partial charge in [-0.25, -0.2) is 0 Å². The van der Waals surface area contributed by atoms with E-state index in [0.29, 0.717) is 13.0 Å². The molecule has 3 fully saturated rings. The highest BCUT2D eigenvalue weighted by Crippen LogP contribution is 2.45. The molecule has 0 N–H and O–H groups in total. The number of hydrogen-bond donors (Lipinski definition) is 0. The number of piperidine rings is 3. The maximum Gasteiger partial charge on any atom is 0.312 e. The van der Waals surface area contributed by atoms with Gasteiger partial charge in [-0.3, -0.25) is 9.59 Å². The highest BCUT2D eigenvalue weighted by molar-refractivity contribution is 5.77. The van der Waals surface area contributed by atoms with Crippen LogP contribution in [0.15, 0.2) is 0 Å². The summed E-state index contributed by atoms with van der Waals surface area (Å²) in [5.41, 5.74) is -0.625. The summed E-state index contributed by atoms with van der Waals surface area (Å²) >= 11 is 0. The van der Waals surface area contributed by atoms with Gasteiger partial charge in [-0.1, -0.05) is 0 Å². The van der Waals surface area contributed by atoms with E-state index in [0.717, 1.165) is 56.3 Å². The lowest BCUT2D eigenvalue weighted by Crippen LogP contribution is -3.00. The Labute approximate surface area is 156 Å². The van der Waals surface area contributed by atoms with Crippen LogP contribution in [0.2, 0.25) is 0 Å². The van der Waals surface area contributed by atoms with E-state index < -0.39 is 5.60 Å². The Hall–Kier alpha value is -0.620. The van der Waals surface area contributed by atoms with Crippen LogP contribution in [-0.2, 0) is 19.1 Å². The molecule has 0 aromatic heterocycles. The lowest BCUT2D eigenvalue weighted by Gasteiger charge is -2.53. The van der Waals surface area contributed by atoms with Gasteiger partial charge in [-0.2, -0.15) is 0 Å². The van der Waals surface area contributed by atoms with Crippen molar-refractivity contribution in [3.63, 3.8) is 0 Å². The van der Waals surface area contributed by atoms with E-state index in [-0.39, 0.29) is 34.3 Å². The summed E-state index contributed by atoms with van der Waals surface area (Å²) in [6, 6.07) is 0. The predicted molar refractivity (Wildman–Crippen MR) is 87.7 cm³/mol. The van der Waals surface area contributed by atoms with Crippen LogP contribution in [0.5, 0.6) is 0 Å². The molecule has 3 heterocycles. The van der Waals surface area contributed by atoms with E-state index in [1.807, 2.05) is 27.7 Å². The number of esters is 2. The number of carbonyl (C=O) groups excluding carboxylic acids is 2. The standard InChI is InChI=1S/C18H32NO4.BrH/c1-5-22-16(21)18-8-12-19(13-9-18,14-10-18)11-6-7-15(20)23-17(2,3)4;/h5-14H2,1-4H3;1H/q+1;/p-1. The van der Waals surface area contributed by atoms with E-state index in [1.54, 1.807) is 0 Å². The van der Waals surface area contributed by atoms with Gasteiger partial charge in [0.1, 0.15) is 5.60 Å². The number of hydrogen-bond acceptors (Lipinski definition) is 4. The molecule has 0 saturated carbocycles. The van der Waals surface area contributed by atoms with Gasteiger partial charge in [0.25, 0.3) is 0 Å². The van der Waals surface area contributed by atoms with E-state index >= 15 is 0 Å². The van der Waals surface area contributed by atoms with E-state index in [9.17, 15) is 9.59 Å². The number of halogens is 1. The number of carbonyl (C=O) groups is 2. The third-order valence-corrected chi connectivity index (χ3v) is 5.34. The molecule has 0 amide bonds. The predicted octanol–water partition coefficient (Wildman–Crippen LogP) is -0.324. The molecule has 3 saturated heterocycles. The molecule has 5 nitrogen and oxygen atoms in total. The third kappa shape index (κ3) is 5.19. The molecule has 3 aliphatic heterocycles. The molecule has 0 aromatic rings. The van der Waals surface area contributed by atoms with Crippen molar-refractivity contribution >= 4 is 11.9 Å². The molecular weight excluding hydrogens is 374 g/mol. The third-order valence-electron chi connectivity index (χ3n) is 5.34. The second kappa shape index (κ2) is 8.17. The summed E-state index contributed by atoms with van der Waals surface area (Å²) in [5, 5.41) is 0. The molecular formula is C18H32BrNO4. The number of quaternary nitrogens is 1. The fourth-order valence-electron chi connectivity index (χ4n) is 3.94. The normalized spacial score (nSPS) is 28.8. The van der Waals surface area contributed by atoms with Gasteiger partial charge in [0, 0.05) is 25.7 Å². The molecule has 0 atom stereocenters. The highest BCUT2D eigenvalue weighted by atomic mass is 79.9. The van der Waals surface area contributed by atoms with Crippen molar-refractivity contribution in [2.75, 3.05) is 32.8 Å². The Bertz CT molecular complexity index is 434. The van der Waals surface area contributed by atoms with Gasteiger partial charge in [-0.15, -0.1) is 0 Å². The minimum Gasteiger partial charge on any atom is -1.00 e. The minimum absolute atomic E-state index is 0. The van der Waals surface area contributed by atoms with Crippen LogP contribution in [0.3, 0.4) is 0 Å². The van der Waals surface area contributed by atoms with Crippen LogP contribution in [-0.4, -0.2) is 54.8 Å². The van der Waals surface area contributed by atoms with Crippen molar-refractivity contribution in [3.8, 4) is 0 Å². The van der Waals surface area contributed by atoms with Crippen LogP contribution in [0.25, 0.3) is 0 Å². The Morgan fingerprint density at radius 1 is 1.08 bits per heavy atom. The average Bonchev–Trinajstić information content (AvgIpc) is 2.47. The molecule has 0 radical (unpaired) electrons. The summed E-state index contributed by atoms with van der Waals surface area (Å²) in [4.78, 5) is 24.1. The van der Waals surface area contributed by atoms with E-state index in [2.05, 4.69) is 0 Å². The van der Waals surface area contributed by atoms with Crippen LogP contribution in [0.4, 0.5) is 0 Å². The lowest BCUT2D eigenvalue weighted by molar-refractivity contribution is -0.944. The first-order chi connectivity index (χ1) is 10.7. The summed E-state index contributed by atoms with van der Waals surface area (Å²) in [7, 11) is 0. The lowest BCUT2D eigenvalue weighted by atomic mass is 9.70. The summed E-state index contributed by atoms with van der Waals surface area (Å²) in [6.45, 7) is 12.2. The first kappa shape index (κ1) is 21.4. The van der Waals surface area contributed by atoms with Gasteiger partial charge in [0.2, 0.25) is 0 Å². The molecule has 3 aliphatic rings. The molecule has 0 aliphatic carbocycles. The Balaban J connectivity index is 0.00000288. The first-order valence-corrected chi connectivity index (χ1v) is 8.95. The highest BCUT2D eigenvalue weighted by Gasteiger charge is 2.53. The number of fused-ring (bicyclic) bond motifs is 3. The van der Waals surface area contributed by atoms with Crippen molar-refractivity contribution in [1.82, 2.24) is 0 Å². The second-order valence-corrected chi connectivity index (χ2v) is 8.18. The minimum atomic E-state index is -0.404. The Kier molecular flexibility index (Phi) is 7.29. The van der Waals surface area contributed by atoms with Crippen molar-refractivity contribution in [2.24, 2.45) is 5.41 Å². The fraction of sp³-hybridized carbons (Fsp3) is 0.889. The summed E-state index contributed by atoms with van der Waals surface area (Å²) in [5.74, 6) is -0.100. The van der Waals surface area contributed by atoms with Crippen molar-refractivity contribution in [1.29, 1.82) is 0 Å². The molecule has 0 unspecified atom stereocenters. The van der Waals surface area contributed by atoms with Crippen molar-refractivity contribution in [2.45, 2.75) is 65.4 Å². The van der Waals surface area contributed by atoms with Gasteiger partial charge in [-0.05, 0) is 27.7 Å². The summed E-state index contributed by atoms with van der Waals surface area (Å²) in [6.07, 6.45) is 4.14. The fourth-order valence-corrected chi connectivity index (χ4v) is 3.94. The monoisotopic (exact) mass is 405 g/mol. The van der Waals surface area contributed by atoms with Crippen molar-refractivity contribution in [3.05, 3.63) is 0 Å². The second-order valence-electron chi connectivity index (χ2n) is 8.18. The topological polar surface area (TPSA) is 52.6 Å². The van der Waals surface area contributed by atoms with E-state index in [1.165, 1.54) is 0 Å². The first-order valence-electron chi connectivity index (χ1n) is 8.95. The van der Waals surface area contributed by atoms with Gasteiger partial charge >= 0.3 is 11.9 Å². The number of rotatable bonds is 6. The maximum absolute atomic E-state index is 12.2. The SMILES string of the molecule is CCOC(=O)C12CC[N+](CCCC(=O)OC(C)(C)C)(CC1)CC2.[Br-]. The quantitative estimate of drug-likeness (QED) is 0.448. The van der Waals surface area contributed by atoms with Crippen LogP contribution < -0.4 is 17.0 Å². The van der Waals surface area contributed by atoms with Gasteiger partial charge < -0.3 is 30.9 Å². The number of ether oxygens (including phenoxy) is 2. The largest absolute Gasteiger partial charge is 1.00 e. The molecule has 6 heteroatoms. The average molecular weight is 406 g/mol. The maximum atomic E-state index is 12.2. The Morgan fingerprint density at radius 2 is 1.62 bits per heavy atom. The molecule has 0 aromatic carbocycles. The zero-order valence-corrected chi connectivity index (χ0v) is 17.1. The molecule has 140 valence electrons. The summed E-state index contributed by atoms with van der Waals surface area (Å²) < 4.78 is 11.7. The van der Waals surface area contributed by atoms with Gasteiger partial charge in [0.05, 0.1) is 44.6 Å². The zero-order valence-electron chi connectivity index (χ0n) is 15.5. The van der Waals surface area contributed by atoms with Crippen LogP contribution in [0.1, 0.15) is 59.8 Å². The molecule has 0 spiro atoms.